The molecule has 4 rings (SSSR count). The predicted molar refractivity (Wildman–Crippen MR) is 91.6 cm³/mol. The quantitative estimate of drug-likeness (QED) is 0.717. The number of nitrogens with zero attached hydrogens (tertiary/aromatic N) is 2. The fourth-order valence-electron chi connectivity index (χ4n) is 3.17. The maximum Gasteiger partial charge on any atom is 0.273 e. The summed E-state index contributed by atoms with van der Waals surface area (Å²) in [7, 11) is 0. The van der Waals surface area contributed by atoms with Crippen LogP contribution in [0.1, 0.15) is 32.5 Å². The van der Waals surface area contributed by atoms with Gasteiger partial charge in [0.2, 0.25) is 0 Å². The minimum atomic E-state index is -0.0271. The molecule has 0 radical (unpaired) electrons. The number of benzene rings is 1. The zero-order chi connectivity index (χ0) is 15.6. The zero-order valence-electron chi connectivity index (χ0n) is 12.6. The van der Waals surface area contributed by atoms with Crippen molar-refractivity contribution in [3.05, 3.63) is 87.9 Å². The van der Waals surface area contributed by atoms with Crippen molar-refractivity contribution in [3.63, 3.8) is 0 Å². The fourth-order valence-corrected chi connectivity index (χ4v) is 4.07. The predicted octanol–water partition coefficient (Wildman–Crippen LogP) is 3.93. The summed E-state index contributed by atoms with van der Waals surface area (Å²) in [6.07, 6.45) is 2.58. The second-order valence-electron chi connectivity index (χ2n) is 5.58. The van der Waals surface area contributed by atoms with Crippen LogP contribution in [-0.4, -0.2) is 22.3 Å². The molecule has 0 aliphatic carbocycles. The van der Waals surface area contributed by atoms with Gasteiger partial charge in [-0.25, -0.2) is 0 Å². The second kappa shape index (κ2) is 5.97. The van der Waals surface area contributed by atoms with Crippen LogP contribution in [0.25, 0.3) is 0 Å². The van der Waals surface area contributed by atoms with E-state index in [1.165, 1.54) is 10.4 Å². The third-order valence-corrected chi connectivity index (χ3v) is 5.22. The molecule has 1 aliphatic rings. The van der Waals surface area contributed by atoms with Crippen molar-refractivity contribution in [2.45, 2.75) is 12.5 Å². The highest BCUT2D eigenvalue weighted by atomic mass is 32.1. The minimum absolute atomic E-state index is 0.00342. The van der Waals surface area contributed by atoms with Gasteiger partial charge in [-0.2, -0.15) is 0 Å². The highest BCUT2D eigenvalue weighted by molar-refractivity contribution is 7.10. The van der Waals surface area contributed by atoms with Crippen molar-refractivity contribution >= 4 is 17.2 Å². The first kappa shape index (κ1) is 14.2. The molecule has 1 aliphatic heterocycles. The summed E-state index contributed by atoms with van der Waals surface area (Å²) >= 11 is 1.78. The molecule has 2 aromatic heterocycles. The first-order valence-electron chi connectivity index (χ1n) is 7.68. The number of hydrogen-bond acceptors (Lipinski definition) is 3. The van der Waals surface area contributed by atoms with Gasteiger partial charge >= 0.3 is 0 Å². The van der Waals surface area contributed by atoms with E-state index in [9.17, 15) is 4.79 Å². The van der Waals surface area contributed by atoms with E-state index in [2.05, 4.69) is 28.6 Å². The molecule has 1 atom stereocenters. The SMILES string of the molecule is O=C(c1ccccn1)N1CCc2sccc2C1c1ccccc1. The average Bonchev–Trinajstić information content (AvgIpc) is 3.10. The monoisotopic (exact) mass is 320 g/mol. The lowest BCUT2D eigenvalue weighted by Crippen LogP contribution is -2.40. The van der Waals surface area contributed by atoms with Crippen LogP contribution in [0.3, 0.4) is 0 Å². The Morgan fingerprint density at radius 1 is 1.09 bits per heavy atom. The third kappa shape index (κ3) is 2.55. The van der Waals surface area contributed by atoms with Gasteiger partial charge in [-0.15, -0.1) is 11.3 Å². The molecular formula is C19H16N2OS. The Kier molecular flexibility index (Phi) is 3.67. The van der Waals surface area contributed by atoms with Crippen LogP contribution in [0, 0.1) is 0 Å². The molecule has 0 spiro atoms. The van der Waals surface area contributed by atoms with E-state index in [4.69, 9.17) is 0 Å². The highest BCUT2D eigenvalue weighted by Gasteiger charge is 2.33. The van der Waals surface area contributed by atoms with Crippen LogP contribution in [-0.2, 0) is 6.42 Å². The van der Waals surface area contributed by atoms with Crippen LogP contribution < -0.4 is 0 Å². The molecule has 0 N–H and O–H groups in total. The molecule has 0 saturated carbocycles. The maximum absolute atomic E-state index is 13.0. The lowest BCUT2D eigenvalue weighted by molar-refractivity contribution is 0.0690. The van der Waals surface area contributed by atoms with E-state index in [-0.39, 0.29) is 11.9 Å². The van der Waals surface area contributed by atoms with Crippen molar-refractivity contribution in [1.29, 1.82) is 0 Å². The average molecular weight is 320 g/mol. The molecule has 3 heterocycles. The summed E-state index contributed by atoms with van der Waals surface area (Å²) in [5.41, 5.74) is 2.90. The van der Waals surface area contributed by atoms with E-state index in [1.54, 1.807) is 23.6 Å². The molecule has 0 saturated heterocycles. The normalized spacial score (nSPS) is 16.9. The third-order valence-electron chi connectivity index (χ3n) is 4.23. The number of amides is 1. The molecule has 0 fully saturated rings. The summed E-state index contributed by atoms with van der Waals surface area (Å²) in [4.78, 5) is 20.5. The molecule has 23 heavy (non-hydrogen) atoms. The van der Waals surface area contributed by atoms with Gasteiger partial charge in [0.1, 0.15) is 5.69 Å². The van der Waals surface area contributed by atoms with Crippen LogP contribution in [0.2, 0.25) is 0 Å². The Morgan fingerprint density at radius 2 is 1.91 bits per heavy atom. The van der Waals surface area contributed by atoms with E-state index in [1.807, 2.05) is 35.2 Å². The molecule has 1 amide bonds. The molecule has 3 nitrogen and oxygen atoms in total. The van der Waals surface area contributed by atoms with E-state index in [0.717, 1.165) is 18.5 Å². The van der Waals surface area contributed by atoms with Gasteiger partial charge in [-0.1, -0.05) is 36.4 Å². The van der Waals surface area contributed by atoms with Gasteiger partial charge in [-0.3, -0.25) is 9.78 Å². The Morgan fingerprint density at radius 3 is 2.70 bits per heavy atom. The number of carbonyl (C=O) groups is 1. The summed E-state index contributed by atoms with van der Waals surface area (Å²) in [6.45, 7) is 0.725. The second-order valence-corrected chi connectivity index (χ2v) is 6.58. The Balaban J connectivity index is 1.78. The molecule has 4 heteroatoms. The summed E-state index contributed by atoms with van der Waals surface area (Å²) in [5, 5.41) is 2.12. The molecule has 1 aromatic carbocycles. The summed E-state index contributed by atoms with van der Waals surface area (Å²) in [6, 6.07) is 17.8. The Bertz CT molecular complexity index is 814. The number of carbonyl (C=O) groups excluding carboxylic acids is 1. The molecular weight excluding hydrogens is 304 g/mol. The number of rotatable bonds is 2. The molecule has 3 aromatic rings. The Labute approximate surface area is 139 Å². The van der Waals surface area contributed by atoms with Crippen LogP contribution in [0.5, 0.6) is 0 Å². The van der Waals surface area contributed by atoms with Crippen molar-refractivity contribution in [1.82, 2.24) is 9.88 Å². The van der Waals surface area contributed by atoms with Crippen LogP contribution in [0.15, 0.2) is 66.2 Å². The number of aromatic nitrogens is 1. The van der Waals surface area contributed by atoms with Crippen LogP contribution >= 0.6 is 11.3 Å². The van der Waals surface area contributed by atoms with Crippen molar-refractivity contribution in [2.24, 2.45) is 0 Å². The maximum atomic E-state index is 13.0. The molecule has 1 unspecified atom stereocenters. The minimum Gasteiger partial charge on any atom is -0.326 e. The van der Waals surface area contributed by atoms with Crippen LogP contribution in [0.4, 0.5) is 0 Å². The van der Waals surface area contributed by atoms with E-state index in [0.29, 0.717) is 5.69 Å². The first-order valence-corrected chi connectivity index (χ1v) is 8.56. The largest absolute Gasteiger partial charge is 0.326 e. The number of hydrogen-bond donors (Lipinski definition) is 0. The standard InChI is InChI=1S/C19H16N2OS/c22-19(16-8-4-5-11-20-16)21-12-9-17-15(10-13-23-17)18(21)14-6-2-1-3-7-14/h1-8,10-11,13,18H,9,12H2. The van der Waals surface area contributed by atoms with E-state index >= 15 is 0 Å². The van der Waals surface area contributed by atoms with Gasteiger partial charge in [0.15, 0.2) is 0 Å². The smallest absolute Gasteiger partial charge is 0.273 e. The molecule has 0 bridgehead atoms. The number of fused-ring (bicyclic) bond motifs is 1. The van der Waals surface area contributed by atoms with Crippen molar-refractivity contribution in [3.8, 4) is 0 Å². The fraction of sp³-hybridized carbons (Fsp3) is 0.158. The number of thiophene rings is 1. The van der Waals surface area contributed by atoms with Crippen molar-refractivity contribution in [2.75, 3.05) is 6.54 Å². The van der Waals surface area contributed by atoms with Gasteiger partial charge in [-0.05, 0) is 41.1 Å². The topological polar surface area (TPSA) is 33.2 Å². The van der Waals surface area contributed by atoms with E-state index < -0.39 is 0 Å². The van der Waals surface area contributed by atoms with Gasteiger partial charge in [0.25, 0.3) is 5.91 Å². The lowest BCUT2D eigenvalue weighted by Gasteiger charge is -2.36. The highest BCUT2D eigenvalue weighted by Crippen LogP contribution is 2.38. The number of pyridine rings is 1. The Hall–Kier alpha value is -2.46. The van der Waals surface area contributed by atoms with Gasteiger partial charge < -0.3 is 4.90 Å². The zero-order valence-corrected chi connectivity index (χ0v) is 13.4. The summed E-state index contributed by atoms with van der Waals surface area (Å²) < 4.78 is 0. The lowest BCUT2D eigenvalue weighted by atomic mass is 9.93. The van der Waals surface area contributed by atoms with Gasteiger partial charge in [0, 0.05) is 17.6 Å². The summed E-state index contributed by atoms with van der Waals surface area (Å²) in [5.74, 6) is -0.00342. The van der Waals surface area contributed by atoms with Gasteiger partial charge in [0.05, 0.1) is 6.04 Å². The first-order chi connectivity index (χ1) is 11.3. The molecule has 114 valence electrons. The van der Waals surface area contributed by atoms with Crippen molar-refractivity contribution < 1.29 is 4.79 Å².